The van der Waals surface area contributed by atoms with Crippen molar-refractivity contribution in [1.29, 1.82) is 0 Å². The average molecular weight is 825 g/mol. The second-order valence-electron chi connectivity index (χ2n) is 17.6. The molecule has 0 fully saturated rings. The summed E-state index contributed by atoms with van der Waals surface area (Å²) in [6, 6.07) is 90.2. The van der Waals surface area contributed by atoms with E-state index in [1.165, 1.54) is 105 Å². The molecule has 2 heteroatoms. The minimum absolute atomic E-state index is 0.548. The van der Waals surface area contributed by atoms with Gasteiger partial charge in [0.15, 0.2) is 0 Å². The molecular formula is C63H40N2. The van der Waals surface area contributed by atoms with Gasteiger partial charge in [-0.05, 0) is 126 Å². The third-order valence-corrected chi connectivity index (χ3v) is 14.4. The molecule has 0 bridgehead atoms. The Morgan fingerprint density at radius 3 is 1.63 bits per heavy atom. The maximum atomic E-state index is 2.54. The second-order valence-corrected chi connectivity index (χ2v) is 17.6. The highest BCUT2D eigenvalue weighted by atomic mass is 15.1. The van der Waals surface area contributed by atoms with E-state index in [2.05, 4.69) is 252 Å². The van der Waals surface area contributed by atoms with Gasteiger partial charge < -0.3 is 9.47 Å². The first-order chi connectivity index (χ1) is 32.3. The normalized spacial score (nSPS) is 13.0. The number of anilines is 3. The van der Waals surface area contributed by atoms with E-state index in [1.54, 1.807) is 0 Å². The van der Waals surface area contributed by atoms with Gasteiger partial charge in [0.2, 0.25) is 0 Å². The van der Waals surface area contributed by atoms with Crippen molar-refractivity contribution < 1.29 is 0 Å². The number of nitrogens with zero attached hydrogens (tertiary/aromatic N) is 2. The highest BCUT2D eigenvalue weighted by Gasteiger charge is 2.51. The van der Waals surface area contributed by atoms with E-state index in [0.29, 0.717) is 0 Å². The van der Waals surface area contributed by atoms with Crippen molar-refractivity contribution in [1.82, 2.24) is 4.57 Å². The molecule has 0 unspecified atom stereocenters. The molecule has 1 aliphatic heterocycles. The van der Waals surface area contributed by atoms with Crippen LogP contribution in [0.4, 0.5) is 17.1 Å². The molecule has 11 aromatic carbocycles. The minimum Gasteiger partial charge on any atom is -0.310 e. The predicted molar refractivity (Wildman–Crippen MR) is 272 cm³/mol. The minimum atomic E-state index is -0.548. The first-order valence-electron chi connectivity index (χ1n) is 22.6. The number of fused-ring (bicyclic) bond motifs is 15. The zero-order valence-corrected chi connectivity index (χ0v) is 35.5. The van der Waals surface area contributed by atoms with Gasteiger partial charge in [-0.2, -0.15) is 0 Å². The summed E-state index contributed by atoms with van der Waals surface area (Å²) in [4.78, 5) is 2.47. The summed E-state index contributed by atoms with van der Waals surface area (Å²) in [5.41, 5.74) is 19.1. The molecule has 0 atom stereocenters. The van der Waals surface area contributed by atoms with E-state index < -0.39 is 5.41 Å². The smallest absolute Gasteiger partial charge is 0.0755 e. The summed E-state index contributed by atoms with van der Waals surface area (Å²) in [6.45, 7) is 0. The van der Waals surface area contributed by atoms with Gasteiger partial charge in [0.25, 0.3) is 0 Å². The Bertz CT molecular complexity index is 3830. The summed E-state index contributed by atoms with van der Waals surface area (Å²) in [6.07, 6.45) is 0. The summed E-state index contributed by atoms with van der Waals surface area (Å²) < 4.78 is 2.54. The number of benzene rings is 11. The summed E-state index contributed by atoms with van der Waals surface area (Å²) in [5, 5.41) is 7.56. The lowest BCUT2D eigenvalue weighted by Crippen LogP contribution is -2.33. The topological polar surface area (TPSA) is 8.17 Å². The van der Waals surface area contributed by atoms with Crippen molar-refractivity contribution in [3.05, 3.63) is 265 Å². The molecule has 2 heterocycles. The van der Waals surface area contributed by atoms with Crippen LogP contribution in [-0.4, -0.2) is 4.57 Å². The number of rotatable bonds is 5. The molecule has 302 valence electrons. The fourth-order valence-corrected chi connectivity index (χ4v) is 11.7. The predicted octanol–water partition coefficient (Wildman–Crippen LogP) is 16.6. The SMILES string of the molecule is c1ccc(-c2ccc(N(c3ccc(-c4cccc5c4ccc4ccccc45)cc3)c3cc4c5c(c3)c3ccccc3n5-c3ccccc3C43c4ccccc4-c4ccccc43)cc2)cc1. The quantitative estimate of drug-likeness (QED) is 0.157. The number of aromatic nitrogens is 1. The molecule has 0 radical (unpaired) electrons. The molecule has 1 aliphatic carbocycles. The molecule has 1 aromatic heterocycles. The Morgan fingerprint density at radius 1 is 0.308 bits per heavy atom. The summed E-state index contributed by atoms with van der Waals surface area (Å²) in [5.74, 6) is 0. The summed E-state index contributed by atoms with van der Waals surface area (Å²) in [7, 11) is 0. The Balaban J connectivity index is 1.04. The van der Waals surface area contributed by atoms with Gasteiger partial charge in [-0.25, -0.2) is 0 Å². The van der Waals surface area contributed by atoms with Crippen LogP contribution < -0.4 is 4.90 Å². The first-order valence-corrected chi connectivity index (χ1v) is 22.6. The Labute approximate surface area is 377 Å². The van der Waals surface area contributed by atoms with Crippen LogP contribution in [0.25, 0.3) is 82.4 Å². The van der Waals surface area contributed by atoms with Crippen LogP contribution in [0.5, 0.6) is 0 Å². The van der Waals surface area contributed by atoms with E-state index in [4.69, 9.17) is 0 Å². The molecule has 65 heavy (non-hydrogen) atoms. The molecule has 0 amide bonds. The van der Waals surface area contributed by atoms with Crippen molar-refractivity contribution in [2.24, 2.45) is 0 Å². The Hall–Kier alpha value is -8.46. The number of hydrogen-bond donors (Lipinski definition) is 0. The molecule has 12 aromatic rings. The zero-order chi connectivity index (χ0) is 42.6. The van der Waals surface area contributed by atoms with Gasteiger partial charge in [0.1, 0.15) is 0 Å². The van der Waals surface area contributed by atoms with Gasteiger partial charge in [-0.15, -0.1) is 0 Å². The van der Waals surface area contributed by atoms with E-state index in [-0.39, 0.29) is 0 Å². The number of hydrogen-bond acceptors (Lipinski definition) is 1. The van der Waals surface area contributed by atoms with Crippen LogP contribution >= 0.6 is 0 Å². The molecule has 0 saturated heterocycles. The second kappa shape index (κ2) is 13.8. The van der Waals surface area contributed by atoms with E-state index in [9.17, 15) is 0 Å². The molecule has 0 saturated carbocycles. The third-order valence-electron chi connectivity index (χ3n) is 14.4. The van der Waals surface area contributed by atoms with Gasteiger partial charge >= 0.3 is 0 Å². The molecule has 1 spiro atoms. The van der Waals surface area contributed by atoms with Crippen LogP contribution in [0.3, 0.4) is 0 Å². The zero-order valence-electron chi connectivity index (χ0n) is 35.5. The Kier molecular flexibility index (Phi) is 7.64. The molecule has 14 rings (SSSR count). The molecule has 0 N–H and O–H groups in total. The third kappa shape index (κ3) is 5.05. The maximum Gasteiger partial charge on any atom is 0.0755 e. The van der Waals surface area contributed by atoms with Gasteiger partial charge in [0.05, 0.1) is 22.1 Å². The molecular weight excluding hydrogens is 785 g/mol. The van der Waals surface area contributed by atoms with E-state index in [0.717, 1.165) is 17.1 Å². The van der Waals surface area contributed by atoms with Crippen LogP contribution in [0.15, 0.2) is 243 Å². The first kappa shape index (κ1) is 36.1. The fraction of sp³-hybridized carbons (Fsp3) is 0.0159. The van der Waals surface area contributed by atoms with Crippen molar-refractivity contribution >= 4 is 60.4 Å². The van der Waals surface area contributed by atoms with E-state index >= 15 is 0 Å². The lowest BCUT2D eigenvalue weighted by Gasteiger charge is -2.40. The molecule has 2 nitrogen and oxygen atoms in total. The lowest BCUT2D eigenvalue weighted by atomic mass is 9.65. The number of para-hydroxylation sites is 2. The fourth-order valence-electron chi connectivity index (χ4n) is 11.7. The van der Waals surface area contributed by atoms with Crippen LogP contribution in [-0.2, 0) is 5.41 Å². The van der Waals surface area contributed by atoms with Crippen LogP contribution in [0.1, 0.15) is 22.3 Å². The summed E-state index contributed by atoms with van der Waals surface area (Å²) >= 11 is 0. The van der Waals surface area contributed by atoms with Gasteiger partial charge in [-0.1, -0.05) is 194 Å². The molecule has 2 aliphatic rings. The van der Waals surface area contributed by atoms with Gasteiger partial charge in [-0.3, -0.25) is 0 Å². The van der Waals surface area contributed by atoms with Crippen LogP contribution in [0.2, 0.25) is 0 Å². The maximum absolute atomic E-state index is 2.54. The monoisotopic (exact) mass is 824 g/mol. The average Bonchev–Trinajstić information content (AvgIpc) is 3.87. The van der Waals surface area contributed by atoms with E-state index in [1.807, 2.05) is 0 Å². The van der Waals surface area contributed by atoms with Crippen molar-refractivity contribution in [2.75, 3.05) is 4.90 Å². The Morgan fingerprint density at radius 2 is 0.877 bits per heavy atom. The lowest BCUT2D eigenvalue weighted by molar-refractivity contribution is 0.748. The highest BCUT2D eigenvalue weighted by molar-refractivity contribution is 6.15. The highest BCUT2D eigenvalue weighted by Crippen LogP contribution is 2.62. The van der Waals surface area contributed by atoms with Crippen molar-refractivity contribution in [3.63, 3.8) is 0 Å². The van der Waals surface area contributed by atoms with Crippen molar-refractivity contribution in [3.8, 4) is 39.1 Å². The largest absolute Gasteiger partial charge is 0.310 e. The van der Waals surface area contributed by atoms with Crippen LogP contribution in [0, 0.1) is 0 Å². The van der Waals surface area contributed by atoms with Crippen molar-refractivity contribution in [2.45, 2.75) is 5.41 Å². The standard InChI is InChI=1S/C63H40N2/c1-2-15-41(16-3-1)42-29-34-45(35-30-42)64(46-36-31-44(32-37-46)49-22-14-23-50-48-18-5-4-17-43(48)33-38-51(49)50)47-39-55-54-21-8-12-27-60(54)65-61-28-13-11-26-58(61)63(59(40-47)62(55)65)56-24-9-6-19-52(56)53-20-7-10-25-57(53)63/h1-40H. The van der Waals surface area contributed by atoms with Gasteiger partial charge in [0, 0.05) is 27.8 Å².